The van der Waals surface area contributed by atoms with E-state index in [0.29, 0.717) is 28.5 Å². The summed E-state index contributed by atoms with van der Waals surface area (Å²) in [6.45, 7) is 0.449. The molecule has 3 rings (SSSR count). The first-order valence-corrected chi connectivity index (χ1v) is 8.26. The number of nitrogens with one attached hydrogen (secondary N) is 1. The zero-order chi connectivity index (χ0) is 15.5. The average molecular weight is 351 g/mol. The zero-order valence-corrected chi connectivity index (χ0v) is 14.2. The third-order valence-electron chi connectivity index (χ3n) is 3.89. The molecule has 0 aliphatic heterocycles. The number of thiophene rings is 1. The van der Waals surface area contributed by atoms with E-state index in [1.807, 2.05) is 11.4 Å². The van der Waals surface area contributed by atoms with E-state index in [-0.39, 0.29) is 30.1 Å². The van der Waals surface area contributed by atoms with Crippen molar-refractivity contribution in [3.63, 3.8) is 0 Å². The lowest BCUT2D eigenvalue weighted by molar-refractivity contribution is 0.0939. The van der Waals surface area contributed by atoms with Crippen molar-refractivity contribution in [1.29, 1.82) is 0 Å². The fraction of sp³-hybridized carbons (Fsp3) is 0.294. The molecule has 1 aliphatic rings. The summed E-state index contributed by atoms with van der Waals surface area (Å²) in [5, 5.41) is 4.70. The van der Waals surface area contributed by atoms with Crippen molar-refractivity contribution in [2.45, 2.75) is 18.9 Å². The zero-order valence-electron chi connectivity index (χ0n) is 12.5. The standard InChI is InChI=1S/C17H18N2O2S.ClH/c18-14(11-7-8-11)10-19-17(21)13-5-2-1-4-12(13)16(20)15-6-3-9-22-15;/h1-6,9,11,14H,7-8,10,18H2,(H,19,21);1H. The summed E-state index contributed by atoms with van der Waals surface area (Å²) in [7, 11) is 0. The second kappa shape index (κ2) is 7.73. The number of carbonyl (C=O) groups excluding carboxylic acids is 2. The van der Waals surface area contributed by atoms with Crippen LogP contribution < -0.4 is 11.1 Å². The van der Waals surface area contributed by atoms with E-state index in [1.165, 1.54) is 11.3 Å². The molecule has 1 aromatic carbocycles. The molecule has 3 N–H and O–H groups in total. The maximum atomic E-state index is 12.5. The van der Waals surface area contributed by atoms with Crippen LogP contribution in [0.15, 0.2) is 41.8 Å². The molecule has 1 saturated carbocycles. The number of amides is 1. The maximum absolute atomic E-state index is 12.5. The van der Waals surface area contributed by atoms with Gasteiger partial charge in [0.05, 0.1) is 10.4 Å². The van der Waals surface area contributed by atoms with E-state index in [4.69, 9.17) is 5.73 Å². The quantitative estimate of drug-likeness (QED) is 0.787. The van der Waals surface area contributed by atoms with Crippen molar-refractivity contribution in [2.24, 2.45) is 11.7 Å². The summed E-state index contributed by atoms with van der Waals surface area (Å²) in [5.74, 6) is 0.173. The molecule has 1 fully saturated rings. The first kappa shape index (κ1) is 17.7. The van der Waals surface area contributed by atoms with Gasteiger partial charge in [-0.2, -0.15) is 0 Å². The molecule has 1 amide bonds. The Labute approximate surface area is 145 Å². The first-order chi connectivity index (χ1) is 10.7. The number of halogens is 1. The van der Waals surface area contributed by atoms with Gasteiger partial charge in [0.15, 0.2) is 0 Å². The van der Waals surface area contributed by atoms with Crippen LogP contribution in [0.5, 0.6) is 0 Å². The van der Waals surface area contributed by atoms with Gasteiger partial charge in [0, 0.05) is 18.2 Å². The van der Waals surface area contributed by atoms with Crippen molar-refractivity contribution < 1.29 is 9.59 Å². The van der Waals surface area contributed by atoms with E-state index in [1.54, 1.807) is 30.3 Å². The molecule has 1 aliphatic carbocycles. The summed E-state index contributed by atoms with van der Waals surface area (Å²) in [4.78, 5) is 25.5. The van der Waals surface area contributed by atoms with Crippen LogP contribution in [0.1, 0.15) is 38.4 Å². The normalized spacial score (nSPS) is 14.7. The molecular formula is C17H19ClN2O2S. The van der Waals surface area contributed by atoms with Crippen LogP contribution in [0.25, 0.3) is 0 Å². The van der Waals surface area contributed by atoms with Crippen molar-refractivity contribution >= 4 is 35.4 Å². The molecule has 1 aromatic heterocycles. The van der Waals surface area contributed by atoms with Crippen LogP contribution in [-0.4, -0.2) is 24.3 Å². The van der Waals surface area contributed by atoms with Gasteiger partial charge in [-0.05, 0) is 36.3 Å². The number of hydrogen-bond donors (Lipinski definition) is 2. The molecule has 0 radical (unpaired) electrons. The second-order valence-electron chi connectivity index (χ2n) is 5.56. The molecule has 0 bridgehead atoms. The maximum Gasteiger partial charge on any atom is 0.252 e. The van der Waals surface area contributed by atoms with Crippen LogP contribution in [0, 0.1) is 5.92 Å². The van der Waals surface area contributed by atoms with Gasteiger partial charge in [-0.25, -0.2) is 0 Å². The highest BCUT2D eigenvalue weighted by molar-refractivity contribution is 7.12. The van der Waals surface area contributed by atoms with E-state index >= 15 is 0 Å². The van der Waals surface area contributed by atoms with E-state index < -0.39 is 0 Å². The molecule has 0 saturated heterocycles. The summed E-state index contributed by atoms with van der Waals surface area (Å²) in [6.07, 6.45) is 2.29. The van der Waals surface area contributed by atoms with Gasteiger partial charge in [0.2, 0.25) is 5.78 Å². The van der Waals surface area contributed by atoms with E-state index in [0.717, 1.165) is 12.8 Å². The van der Waals surface area contributed by atoms with Gasteiger partial charge in [0.25, 0.3) is 5.91 Å². The van der Waals surface area contributed by atoms with Crippen LogP contribution in [0.4, 0.5) is 0 Å². The van der Waals surface area contributed by atoms with Crippen molar-refractivity contribution in [2.75, 3.05) is 6.54 Å². The summed E-state index contributed by atoms with van der Waals surface area (Å²) >= 11 is 1.38. The fourth-order valence-electron chi connectivity index (χ4n) is 2.42. The lowest BCUT2D eigenvalue weighted by atomic mass is 10.0. The first-order valence-electron chi connectivity index (χ1n) is 7.38. The molecule has 1 atom stereocenters. The second-order valence-corrected chi connectivity index (χ2v) is 6.51. The van der Waals surface area contributed by atoms with Gasteiger partial charge >= 0.3 is 0 Å². The fourth-order valence-corrected chi connectivity index (χ4v) is 3.09. The molecule has 1 unspecified atom stereocenters. The monoisotopic (exact) mass is 350 g/mol. The summed E-state index contributed by atoms with van der Waals surface area (Å²) in [5.41, 5.74) is 6.84. The Bertz CT molecular complexity index is 684. The van der Waals surface area contributed by atoms with Gasteiger partial charge in [-0.1, -0.05) is 24.3 Å². The average Bonchev–Trinajstić information content (AvgIpc) is 3.26. The molecule has 6 heteroatoms. The molecular weight excluding hydrogens is 332 g/mol. The summed E-state index contributed by atoms with van der Waals surface area (Å²) in [6, 6.07) is 10.5. The molecule has 0 spiro atoms. The molecule has 4 nitrogen and oxygen atoms in total. The predicted octanol–water partition coefficient (Wildman–Crippen LogP) is 2.87. The predicted molar refractivity (Wildman–Crippen MR) is 94.5 cm³/mol. The smallest absolute Gasteiger partial charge is 0.252 e. The minimum absolute atomic E-state index is 0. The summed E-state index contributed by atoms with van der Waals surface area (Å²) < 4.78 is 0. The molecule has 1 heterocycles. The number of ketones is 1. The SMILES string of the molecule is Cl.NC(CNC(=O)c1ccccc1C(=O)c1cccs1)C1CC1. The largest absolute Gasteiger partial charge is 0.350 e. The number of nitrogens with two attached hydrogens (primary N) is 1. The van der Waals surface area contributed by atoms with Gasteiger partial charge in [-0.3, -0.25) is 9.59 Å². The Morgan fingerprint density at radius 3 is 2.48 bits per heavy atom. The van der Waals surface area contributed by atoms with Crippen molar-refractivity contribution in [3.8, 4) is 0 Å². The number of benzene rings is 1. The highest BCUT2D eigenvalue weighted by atomic mass is 35.5. The van der Waals surface area contributed by atoms with Gasteiger partial charge in [-0.15, -0.1) is 23.7 Å². The van der Waals surface area contributed by atoms with Crippen LogP contribution in [0.2, 0.25) is 0 Å². The van der Waals surface area contributed by atoms with Crippen LogP contribution >= 0.6 is 23.7 Å². The van der Waals surface area contributed by atoms with Gasteiger partial charge in [0.1, 0.15) is 0 Å². The highest BCUT2D eigenvalue weighted by Crippen LogP contribution is 2.31. The highest BCUT2D eigenvalue weighted by Gasteiger charge is 2.28. The lowest BCUT2D eigenvalue weighted by Gasteiger charge is -2.13. The Balaban J connectivity index is 0.00000192. The van der Waals surface area contributed by atoms with Crippen LogP contribution in [-0.2, 0) is 0 Å². The number of hydrogen-bond acceptors (Lipinski definition) is 4. The van der Waals surface area contributed by atoms with E-state index in [9.17, 15) is 9.59 Å². The third-order valence-corrected chi connectivity index (χ3v) is 4.76. The third kappa shape index (κ3) is 4.19. The van der Waals surface area contributed by atoms with Crippen molar-refractivity contribution in [3.05, 3.63) is 57.8 Å². The lowest BCUT2D eigenvalue weighted by Crippen LogP contribution is -2.39. The number of carbonyl (C=O) groups is 2. The Morgan fingerprint density at radius 1 is 1.17 bits per heavy atom. The Morgan fingerprint density at radius 2 is 1.87 bits per heavy atom. The molecule has 2 aromatic rings. The topological polar surface area (TPSA) is 72.2 Å². The van der Waals surface area contributed by atoms with Crippen LogP contribution in [0.3, 0.4) is 0 Å². The van der Waals surface area contributed by atoms with Crippen molar-refractivity contribution in [1.82, 2.24) is 5.32 Å². The minimum Gasteiger partial charge on any atom is -0.350 e. The Hall–Kier alpha value is -1.69. The minimum atomic E-state index is -0.239. The van der Waals surface area contributed by atoms with Gasteiger partial charge < -0.3 is 11.1 Å². The molecule has 23 heavy (non-hydrogen) atoms. The molecule has 122 valence electrons. The van der Waals surface area contributed by atoms with E-state index in [2.05, 4.69) is 5.32 Å². The Kier molecular flexibility index (Phi) is 5.93. The number of rotatable bonds is 6.